The number of carbonyl (C=O) groups is 2. The van der Waals surface area contributed by atoms with Gasteiger partial charge in [-0.25, -0.2) is 23.4 Å². The minimum atomic E-state index is -0.908. The molecule has 0 spiro atoms. The average Bonchev–Trinajstić information content (AvgIpc) is 2.55. The number of anilines is 1. The van der Waals surface area contributed by atoms with E-state index in [0.29, 0.717) is 0 Å². The molecule has 1 amide bonds. The number of ether oxygens (including phenoxy) is 3. The number of carbonyl (C=O) groups excluding carboxylic acids is 2. The van der Waals surface area contributed by atoms with E-state index in [1.54, 1.807) is 20.8 Å². The lowest BCUT2D eigenvalue weighted by Crippen LogP contribution is -2.27. The number of aromatic nitrogens is 1. The number of methoxy groups -OCH3 is 1. The van der Waals surface area contributed by atoms with Crippen LogP contribution < -0.4 is 10.1 Å². The van der Waals surface area contributed by atoms with Crippen molar-refractivity contribution in [3.05, 3.63) is 47.7 Å². The molecule has 2 rings (SSSR count). The summed E-state index contributed by atoms with van der Waals surface area (Å²) in [5.41, 5.74) is -0.805. The van der Waals surface area contributed by atoms with Crippen molar-refractivity contribution in [3.8, 4) is 11.5 Å². The second-order valence-electron chi connectivity index (χ2n) is 6.36. The van der Waals surface area contributed by atoms with Gasteiger partial charge in [0.05, 0.1) is 13.3 Å². The molecule has 0 saturated carbocycles. The molecule has 0 bridgehead atoms. The Balaban J connectivity index is 2.20. The van der Waals surface area contributed by atoms with Crippen LogP contribution in [0.25, 0.3) is 0 Å². The van der Waals surface area contributed by atoms with Crippen LogP contribution in [0.5, 0.6) is 11.5 Å². The molecule has 7 nitrogen and oxygen atoms in total. The van der Waals surface area contributed by atoms with E-state index in [9.17, 15) is 18.4 Å². The Hall–Kier alpha value is -3.23. The highest BCUT2D eigenvalue weighted by Crippen LogP contribution is 2.28. The van der Waals surface area contributed by atoms with Gasteiger partial charge in [0, 0.05) is 12.1 Å². The van der Waals surface area contributed by atoms with Gasteiger partial charge in [0.2, 0.25) is 0 Å². The predicted molar refractivity (Wildman–Crippen MR) is 91.9 cm³/mol. The van der Waals surface area contributed by atoms with Crippen LogP contribution >= 0.6 is 0 Å². The molecule has 0 aliphatic carbocycles. The van der Waals surface area contributed by atoms with E-state index < -0.39 is 29.3 Å². The van der Waals surface area contributed by atoms with Gasteiger partial charge in [-0.15, -0.1) is 0 Å². The second kappa shape index (κ2) is 7.98. The number of halogens is 2. The summed E-state index contributed by atoms with van der Waals surface area (Å²) in [5.74, 6) is -2.97. The largest absolute Gasteiger partial charge is 0.465 e. The van der Waals surface area contributed by atoms with Crippen LogP contribution in [0.3, 0.4) is 0 Å². The molecule has 27 heavy (non-hydrogen) atoms. The van der Waals surface area contributed by atoms with Crippen LogP contribution in [0.15, 0.2) is 30.5 Å². The molecular formula is C18H18F2N2O5. The number of benzene rings is 1. The van der Waals surface area contributed by atoms with Gasteiger partial charge < -0.3 is 14.2 Å². The number of rotatable bonds is 4. The fourth-order valence-electron chi connectivity index (χ4n) is 1.95. The van der Waals surface area contributed by atoms with Crippen LogP contribution in [0, 0.1) is 11.6 Å². The van der Waals surface area contributed by atoms with E-state index in [1.807, 2.05) is 0 Å². The first-order valence-corrected chi connectivity index (χ1v) is 7.80. The van der Waals surface area contributed by atoms with Crippen molar-refractivity contribution in [3.63, 3.8) is 0 Å². The highest BCUT2D eigenvalue weighted by atomic mass is 19.1. The molecule has 0 aliphatic heterocycles. The van der Waals surface area contributed by atoms with Crippen LogP contribution in [0.4, 0.5) is 19.4 Å². The smallest absolute Gasteiger partial charge is 0.413 e. The minimum absolute atomic E-state index is 0.0461. The number of nitrogens with one attached hydrogen (secondary N) is 1. The topological polar surface area (TPSA) is 86.8 Å². The van der Waals surface area contributed by atoms with Gasteiger partial charge in [-0.3, -0.25) is 5.32 Å². The number of amides is 1. The van der Waals surface area contributed by atoms with E-state index in [0.717, 1.165) is 31.5 Å². The molecule has 1 aromatic heterocycles. The lowest BCUT2D eigenvalue weighted by Gasteiger charge is -2.19. The summed E-state index contributed by atoms with van der Waals surface area (Å²) in [6, 6.07) is 4.12. The SMILES string of the molecule is COC(=O)c1ccc(F)cc1Oc1cnc(NC(=O)OC(C)(C)C)c(F)c1. The molecule has 0 fully saturated rings. The molecule has 1 N–H and O–H groups in total. The Bertz CT molecular complexity index is 865. The maximum atomic E-state index is 14.2. The van der Waals surface area contributed by atoms with Gasteiger partial charge in [0.15, 0.2) is 11.6 Å². The molecule has 144 valence electrons. The number of esters is 1. The summed E-state index contributed by atoms with van der Waals surface area (Å²) < 4.78 is 42.6. The van der Waals surface area contributed by atoms with E-state index in [2.05, 4.69) is 15.0 Å². The molecule has 9 heteroatoms. The van der Waals surface area contributed by atoms with Crippen LogP contribution in [0.1, 0.15) is 31.1 Å². The van der Waals surface area contributed by atoms with Crippen molar-refractivity contribution in [2.45, 2.75) is 26.4 Å². The zero-order valence-electron chi connectivity index (χ0n) is 15.1. The van der Waals surface area contributed by atoms with Gasteiger partial charge in [0.1, 0.15) is 28.5 Å². The number of hydrogen-bond donors (Lipinski definition) is 1. The molecule has 2 aromatic rings. The van der Waals surface area contributed by atoms with Crippen LogP contribution in [-0.4, -0.2) is 29.8 Å². The number of hydrogen-bond acceptors (Lipinski definition) is 6. The fourth-order valence-corrected chi connectivity index (χ4v) is 1.95. The summed E-state index contributed by atoms with van der Waals surface area (Å²) in [5, 5.41) is 2.17. The minimum Gasteiger partial charge on any atom is -0.465 e. The maximum Gasteiger partial charge on any atom is 0.413 e. The molecular weight excluding hydrogens is 362 g/mol. The van der Waals surface area contributed by atoms with Gasteiger partial charge in [-0.05, 0) is 32.9 Å². The molecule has 0 unspecified atom stereocenters. The van der Waals surface area contributed by atoms with Gasteiger partial charge in [-0.1, -0.05) is 0 Å². The average molecular weight is 380 g/mol. The lowest BCUT2D eigenvalue weighted by atomic mass is 10.2. The summed E-state index contributed by atoms with van der Waals surface area (Å²) in [6.45, 7) is 4.97. The normalized spacial score (nSPS) is 10.9. The van der Waals surface area contributed by atoms with Crippen molar-refractivity contribution in [2.24, 2.45) is 0 Å². The molecule has 0 aliphatic rings. The van der Waals surface area contributed by atoms with Crippen molar-refractivity contribution in [2.75, 3.05) is 12.4 Å². The van der Waals surface area contributed by atoms with Gasteiger partial charge in [-0.2, -0.15) is 0 Å². The first-order valence-electron chi connectivity index (χ1n) is 7.80. The molecule has 1 heterocycles. The Morgan fingerprint density at radius 3 is 2.44 bits per heavy atom. The first kappa shape index (κ1) is 20.1. The third-order valence-electron chi connectivity index (χ3n) is 3.01. The summed E-state index contributed by atoms with van der Waals surface area (Å²) in [6.07, 6.45) is 0.225. The maximum absolute atomic E-state index is 14.2. The molecule has 1 aromatic carbocycles. The Labute approximate surface area is 154 Å². The lowest BCUT2D eigenvalue weighted by molar-refractivity contribution is 0.0595. The third kappa shape index (κ3) is 5.63. The predicted octanol–water partition coefficient (Wildman–Crippen LogP) is 4.29. The van der Waals surface area contributed by atoms with Crippen LogP contribution in [-0.2, 0) is 9.47 Å². The molecule has 0 radical (unpaired) electrons. The number of nitrogens with zero attached hydrogens (tertiary/aromatic N) is 1. The van der Waals surface area contributed by atoms with Crippen molar-refractivity contribution in [1.29, 1.82) is 0 Å². The molecule has 0 saturated heterocycles. The van der Waals surface area contributed by atoms with E-state index >= 15 is 0 Å². The first-order chi connectivity index (χ1) is 12.6. The van der Waals surface area contributed by atoms with E-state index in [-0.39, 0.29) is 22.9 Å². The quantitative estimate of drug-likeness (QED) is 0.797. The number of pyridine rings is 1. The Kier molecular flexibility index (Phi) is 5.94. The van der Waals surface area contributed by atoms with Crippen molar-refractivity contribution in [1.82, 2.24) is 4.98 Å². The zero-order chi connectivity index (χ0) is 20.2. The molecule has 0 atom stereocenters. The zero-order valence-corrected chi connectivity index (χ0v) is 15.1. The van der Waals surface area contributed by atoms with E-state index in [1.165, 1.54) is 6.07 Å². The fraction of sp³-hybridized carbons (Fsp3) is 0.278. The third-order valence-corrected chi connectivity index (χ3v) is 3.01. The summed E-state index contributed by atoms with van der Waals surface area (Å²) in [4.78, 5) is 27.1. The van der Waals surface area contributed by atoms with Gasteiger partial charge >= 0.3 is 12.1 Å². The summed E-state index contributed by atoms with van der Waals surface area (Å²) in [7, 11) is 1.16. The van der Waals surface area contributed by atoms with E-state index in [4.69, 9.17) is 9.47 Å². The van der Waals surface area contributed by atoms with Crippen molar-refractivity contribution >= 4 is 17.9 Å². The Morgan fingerprint density at radius 2 is 1.85 bits per heavy atom. The standard InChI is InChI=1S/C18H18F2N2O5/c1-18(2,3)27-17(24)22-15-13(20)8-11(9-21-15)26-14-7-10(19)5-6-12(14)16(23)25-4/h5-9H,1-4H3,(H,21,22,24). The second-order valence-corrected chi connectivity index (χ2v) is 6.36. The highest BCUT2D eigenvalue weighted by Gasteiger charge is 2.19. The monoisotopic (exact) mass is 380 g/mol. The Morgan fingerprint density at radius 1 is 1.15 bits per heavy atom. The van der Waals surface area contributed by atoms with Crippen LogP contribution in [0.2, 0.25) is 0 Å². The highest BCUT2D eigenvalue weighted by molar-refractivity contribution is 5.92. The summed E-state index contributed by atoms with van der Waals surface area (Å²) >= 11 is 0. The van der Waals surface area contributed by atoms with Crippen molar-refractivity contribution < 1.29 is 32.6 Å². The van der Waals surface area contributed by atoms with Gasteiger partial charge in [0.25, 0.3) is 0 Å².